The Bertz CT molecular complexity index is 940. The van der Waals surface area contributed by atoms with Crippen LogP contribution in [0, 0.1) is 22.9 Å². The number of hydrogen-bond donors (Lipinski definition) is 1. The summed E-state index contributed by atoms with van der Waals surface area (Å²) in [6, 6.07) is 9.50. The van der Waals surface area contributed by atoms with Gasteiger partial charge in [-0.1, -0.05) is 0 Å². The summed E-state index contributed by atoms with van der Waals surface area (Å²) in [5.41, 5.74) is 1.57. The van der Waals surface area contributed by atoms with E-state index < -0.39 is 20.8 Å². The molecular weight excluding hydrogens is 373 g/mol. The fourth-order valence-electron chi connectivity index (χ4n) is 3.20. The number of nitrogens with zero attached hydrogens (tertiary/aromatic N) is 2. The highest BCUT2D eigenvalue weighted by atomic mass is 32.2. The molecule has 1 aliphatic rings. The molecule has 0 bridgehead atoms. The van der Waals surface area contributed by atoms with Crippen molar-refractivity contribution in [3.05, 3.63) is 64.0 Å². The summed E-state index contributed by atoms with van der Waals surface area (Å²) < 4.78 is 40.4. The van der Waals surface area contributed by atoms with Gasteiger partial charge in [0.1, 0.15) is 5.82 Å². The number of nitro benzene ring substituents is 1. The fraction of sp³-hybridized carbons (Fsp3) is 0.333. The van der Waals surface area contributed by atoms with Crippen LogP contribution in [0.3, 0.4) is 0 Å². The fourth-order valence-corrected chi connectivity index (χ4v) is 4.50. The molecule has 0 spiro atoms. The Labute approximate surface area is 157 Å². The second-order valence-electron chi connectivity index (χ2n) is 6.56. The minimum atomic E-state index is -3.69. The van der Waals surface area contributed by atoms with Crippen molar-refractivity contribution in [3.8, 4) is 0 Å². The van der Waals surface area contributed by atoms with Crippen LogP contribution in [-0.4, -0.2) is 32.5 Å². The van der Waals surface area contributed by atoms with E-state index in [0.29, 0.717) is 31.5 Å². The average Bonchev–Trinajstić information content (AvgIpc) is 2.62. The maximum absolute atomic E-state index is 13.0. The van der Waals surface area contributed by atoms with E-state index in [0.717, 1.165) is 17.8 Å². The first-order valence-electron chi connectivity index (χ1n) is 8.54. The number of piperidine rings is 1. The molecule has 0 unspecified atom stereocenters. The maximum Gasteiger partial charge on any atom is 0.272 e. The summed E-state index contributed by atoms with van der Waals surface area (Å²) in [7, 11) is -3.69. The first-order chi connectivity index (χ1) is 12.8. The molecule has 1 N–H and O–H groups in total. The van der Waals surface area contributed by atoms with Crippen LogP contribution in [0.25, 0.3) is 0 Å². The lowest BCUT2D eigenvalue weighted by molar-refractivity contribution is -0.385. The van der Waals surface area contributed by atoms with Gasteiger partial charge in [-0.25, -0.2) is 17.5 Å². The standard InChI is InChI=1S/C18H20FN3O4S/c1-13-12-16(4-7-18(13)22(23)24)21-10-8-15(9-11-21)20-27(25,26)17-5-2-14(19)3-6-17/h2-7,12,15,20H,8-11H2,1H3. The Morgan fingerprint density at radius 2 is 1.78 bits per heavy atom. The Kier molecular flexibility index (Phi) is 5.43. The molecule has 1 saturated heterocycles. The summed E-state index contributed by atoms with van der Waals surface area (Å²) in [5, 5.41) is 10.9. The highest BCUT2D eigenvalue weighted by molar-refractivity contribution is 7.89. The summed E-state index contributed by atoms with van der Waals surface area (Å²) in [6.45, 7) is 2.97. The van der Waals surface area contributed by atoms with Crippen molar-refractivity contribution in [3.63, 3.8) is 0 Å². The lowest BCUT2D eigenvalue weighted by Gasteiger charge is -2.34. The van der Waals surface area contributed by atoms with Gasteiger partial charge in [-0.2, -0.15) is 0 Å². The highest BCUT2D eigenvalue weighted by Crippen LogP contribution is 2.26. The highest BCUT2D eigenvalue weighted by Gasteiger charge is 2.25. The second-order valence-corrected chi connectivity index (χ2v) is 8.28. The predicted octanol–water partition coefficient (Wildman–Crippen LogP) is 2.99. The molecule has 27 heavy (non-hydrogen) atoms. The van der Waals surface area contributed by atoms with E-state index in [1.165, 1.54) is 18.2 Å². The maximum atomic E-state index is 13.0. The van der Waals surface area contributed by atoms with Gasteiger partial charge in [0.05, 0.1) is 9.82 Å². The molecule has 1 fully saturated rings. The topological polar surface area (TPSA) is 92.6 Å². The van der Waals surface area contributed by atoms with Crippen LogP contribution in [0.2, 0.25) is 0 Å². The quantitative estimate of drug-likeness (QED) is 0.623. The number of anilines is 1. The van der Waals surface area contributed by atoms with Gasteiger partial charge in [0.2, 0.25) is 10.0 Å². The molecule has 0 atom stereocenters. The number of hydrogen-bond acceptors (Lipinski definition) is 5. The Hall–Kier alpha value is -2.52. The lowest BCUT2D eigenvalue weighted by atomic mass is 10.0. The molecule has 0 aliphatic carbocycles. The van der Waals surface area contributed by atoms with E-state index in [4.69, 9.17) is 0 Å². The van der Waals surface area contributed by atoms with Crippen molar-refractivity contribution >= 4 is 21.4 Å². The van der Waals surface area contributed by atoms with Gasteiger partial charge in [-0.3, -0.25) is 10.1 Å². The molecule has 0 amide bonds. The molecule has 0 aromatic heterocycles. The minimum Gasteiger partial charge on any atom is -0.371 e. The summed E-state index contributed by atoms with van der Waals surface area (Å²) in [6.07, 6.45) is 1.22. The number of nitro groups is 1. The molecule has 1 heterocycles. The molecule has 144 valence electrons. The smallest absolute Gasteiger partial charge is 0.272 e. The number of aryl methyl sites for hydroxylation is 1. The number of halogens is 1. The van der Waals surface area contributed by atoms with Crippen LogP contribution in [0.1, 0.15) is 18.4 Å². The van der Waals surface area contributed by atoms with Gasteiger partial charge in [-0.15, -0.1) is 0 Å². The monoisotopic (exact) mass is 393 g/mol. The average molecular weight is 393 g/mol. The number of sulfonamides is 1. The van der Waals surface area contributed by atoms with Crippen molar-refractivity contribution in [1.29, 1.82) is 0 Å². The van der Waals surface area contributed by atoms with Crippen molar-refractivity contribution in [1.82, 2.24) is 4.72 Å². The SMILES string of the molecule is Cc1cc(N2CCC(NS(=O)(=O)c3ccc(F)cc3)CC2)ccc1[N+](=O)[O-]. The molecule has 2 aromatic carbocycles. The van der Waals surface area contributed by atoms with E-state index in [9.17, 15) is 22.9 Å². The summed E-state index contributed by atoms with van der Waals surface area (Å²) in [4.78, 5) is 12.6. The van der Waals surface area contributed by atoms with Gasteiger partial charge in [0.15, 0.2) is 0 Å². The van der Waals surface area contributed by atoms with Gasteiger partial charge < -0.3 is 4.90 Å². The van der Waals surface area contributed by atoms with Gasteiger partial charge in [0.25, 0.3) is 5.69 Å². The van der Waals surface area contributed by atoms with Gasteiger partial charge in [-0.05, 0) is 56.2 Å². The van der Waals surface area contributed by atoms with Crippen molar-refractivity contribution in [2.75, 3.05) is 18.0 Å². The largest absolute Gasteiger partial charge is 0.371 e. The first kappa shape index (κ1) is 19.2. The zero-order chi connectivity index (χ0) is 19.6. The molecule has 9 heteroatoms. The Balaban J connectivity index is 1.63. The third kappa shape index (κ3) is 4.42. The van der Waals surface area contributed by atoms with Crippen molar-refractivity contribution < 1.29 is 17.7 Å². The Morgan fingerprint density at radius 1 is 1.15 bits per heavy atom. The number of rotatable bonds is 5. The molecular formula is C18H20FN3O4S. The van der Waals surface area contributed by atoms with E-state index in [-0.39, 0.29) is 16.6 Å². The third-order valence-corrected chi connectivity index (χ3v) is 6.22. The van der Waals surface area contributed by atoms with Crippen LogP contribution in [0.5, 0.6) is 0 Å². The first-order valence-corrected chi connectivity index (χ1v) is 10.0. The van der Waals surface area contributed by atoms with Crippen molar-refractivity contribution in [2.24, 2.45) is 0 Å². The minimum absolute atomic E-state index is 0.0392. The van der Waals surface area contributed by atoms with Crippen molar-refractivity contribution in [2.45, 2.75) is 30.7 Å². The summed E-state index contributed by atoms with van der Waals surface area (Å²) in [5.74, 6) is -0.486. The predicted molar refractivity (Wildman–Crippen MR) is 99.8 cm³/mol. The van der Waals surface area contributed by atoms with Gasteiger partial charge in [0, 0.05) is 36.4 Å². The molecule has 7 nitrogen and oxygen atoms in total. The second kappa shape index (κ2) is 7.61. The molecule has 3 rings (SSSR count). The van der Waals surface area contributed by atoms with Crippen LogP contribution in [0.15, 0.2) is 47.4 Å². The van der Waals surface area contributed by atoms with E-state index in [2.05, 4.69) is 9.62 Å². The molecule has 0 radical (unpaired) electrons. The Morgan fingerprint density at radius 3 is 2.33 bits per heavy atom. The zero-order valence-electron chi connectivity index (χ0n) is 14.8. The molecule has 2 aromatic rings. The number of benzene rings is 2. The van der Waals surface area contributed by atoms with Crippen LogP contribution >= 0.6 is 0 Å². The lowest BCUT2D eigenvalue weighted by Crippen LogP contribution is -2.44. The number of nitrogens with one attached hydrogen (secondary N) is 1. The van der Waals surface area contributed by atoms with E-state index in [1.54, 1.807) is 19.1 Å². The molecule has 0 saturated carbocycles. The van der Waals surface area contributed by atoms with Crippen LogP contribution in [0.4, 0.5) is 15.8 Å². The van der Waals surface area contributed by atoms with E-state index >= 15 is 0 Å². The van der Waals surface area contributed by atoms with Crippen LogP contribution in [-0.2, 0) is 10.0 Å². The van der Waals surface area contributed by atoms with Crippen LogP contribution < -0.4 is 9.62 Å². The normalized spacial score (nSPS) is 15.7. The third-order valence-electron chi connectivity index (χ3n) is 4.68. The zero-order valence-corrected chi connectivity index (χ0v) is 15.6. The van der Waals surface area contributed by atoms with Gasteiger partial charge >= 0.3 is 0 Å². The van der Waals surface area contributed by atoms with E-state index in [1.807, 2.05) is 0 Å². The molecule has 1 aliphatic heterocycles. The summed E-state index contributed by atoms with van der Waals surface area (Å²) >= 11 is 0.